The third-order valence-electron chi connectivity index (χ3n) is 2.11. The monoisotopic (exact) mass is 284 g/mol. The van der Waals surface area contributed by atoms with E-state index >= 15 is 0 Å². The van der Waals surface area contributed by atoms with Crippen LogP contribution in [0.1, 0.15) is 5.56 Å². The van der Waals surface area contributed by atoms with Gasteiger partial charge in [0, 0.05) is 3.57 Å². The van der Waals surface area contributed by atoms with Crippen molar-refractivity contribution >= 4 is 33.4 Å². The Morgan fingerprint density at radius 2 is 2.00 bits per heavy atom. The lowest BCUT2D eigenvalue weighted by molar-refractivity contribution is 0.476. The molecule has 0 fully saturated rings. The van der Waals surface area contributed by atoms with Crippen molar-refractivity contribution in [3.05, 3.63) is 39.5 Å². The van der Waals surface area contributed by atoms with Crippen LogP contribution in [0.3, 0.4) is 0 Å². The molecule has 0 bridgehead atoms. The van der Waals surface area contributed by atoms with Gasteiger partial charge in [-0.15, -0.1) is 0 Å². The molecular weight excluding hydrogens is 275 g/mol. The number of aryl methyl sites for hydroxylation is 1. The molecule has 2 rings (SSSR count). The van der Waals surface area contributed by atoms with E-state index in [4.69, 9.17) is 0 Å². The molecule has 0 atom stereocenters. The first kappa shape index (κ1) is 8.81. The van der Waals surface area contributed by atoms with Crippen molar-refractivity contribution in [3.63, 3.8) is 0 Å². The standard InChI is InChI=1S/C11H9IO/c1-7-5-9(13)6-8-3-2-4-10(12)11(7)8/h2-6,13H,1H3. The zero-order valence-corrected chi connectivity index (χ0v) is 9.37. The number of phenolic OH excluding ortho intramolecular Hbond substituents is 1. The highest BCUT2D eigenvalue weighted by Crippen LogP contribution is 2.27. The topological polar surface area (TPSA) is 20.2 Å². The Morgan fingerprint density at radius 1 is 1.23 bits per heavy atom. The van der Waals surface area contributed by atoms with E-state index in [1.54, 1.807) is 12.1 Å². The summed E-state index contributed by atoms with van der Waals surface area (Å²) in [6, 6.07) is 9.69. The van der Waals surface area contributed by atoms with Crippen LogP contribution in [-0.4, -0.2) is 5.11 Å². The summed E-state index contributed by atoms with van der Waals surface area (Å²) in [5.74, 6) is 0.340. The smallest absolute Gasteiger partial charge is 0.116 e. The number of hydrogen-bond donors (Lipinski definition) is 1. The molecule has 0 heterocycles. The van der Waals surface area contributed by atoms with Gasteiger partial charge >= 0.3 is 0 Å². The summed E-state index contributed by atoms with van der Waals surface area (Å²) in [7, 11) is 0. The number of aromatic hydroxyl groups is 1. The summed E-state index contributed by atoms with van der Waals surface area (Å²) in [5.41, 5.74) is 1.13. The first-order valence-corrected chi connectivity index (χ1v) is 5.14. The van der Waals surface area contributed by atoms with Crippen molar-refractivity contribution in [2.24, 2.45) is 0 Å². The van der Waals surface area contributed by atoms with Crippen LogP contribution in [0.5, 0.6) is 5.75 Å². The lowest BCUT2D eigenvalue weighted by Crippen LogP contribution is -1.82. The minimum Gasteiger partial charge on any atom is -0.508 e. The molecule has 0 aliphatic carbocycles. The largest absolute Gasteiger partial charge is 0.508 e. The number of fused-ring (bicyclic) bond motifs is 1. The van der Waals surface area contributed by atoms with E-state index in [1.165, 1.54) is 8.96 Å². The molecule has 0 aromatic heterocycles. The molecule has 0 saturated carbocycles. The molecule has 0 amide bonds. The second-order valence-electron chi connectivity index (χ2n) is 3.10. The molecule has 2 aromatic carbocycles. The quantitative estimate of drug-likeness (QED) is 0.734. The molecular formula is C11H9IO. The van der Waals surface area contributed by atoms with Crippen molar-refractivity contribution in [1.82, 2.24) is 0 Å². The van der Waals surface area contributed by atoms with E-state index in [2.05, 4.69) is 28.7 Å². The Bertz CT molecular complexity index is 463. The van der Waals surface area contributed by atoms with Gasteiger partial charge in [-0.05, 0) is 64.0 Å². The summed E-state index contributed by atoms with van der Waals surface area (Å²) >= 11 is 2.31. The highest BCUT2D eigenvalue weighted by molar-refractivity contribution is 14.1. The van der Waals surface area contributed by atoms with Gasteiger partial charge in [-0.25, -0.2) is 0 Å². The van der Waals surface area contributed by atoms with Crippen LogP contribution < -0.4 is 0 Å². The van der Waals surface area contributed by atoms with Crippen LogP contribution in [0.2, 0.25) is 0 Å². The molecule has 0 aliphatic heterocycles. The van der Waals surface area contributed by atoms with Crippen molar-refractivity contribution in [1.29, 1.82) is 0 Å². The fraction of sp³-hybridized carbons (Fsp3) is 0.0909. The van der Waals surface area contributed by atoms with Gasteiger partial charge in [-0.3, -0.25) is 0 Å². The normalized spacial score (nSPS) is 10.6. The van der Waals surface area contributed by atoms with Crippen LogP contribution in [0.4, 0.5) is 0 Å². The molecule has 0 spiro atoms. The fourth-order valence-corrected chi connectivity index (χ4v) is 2.52. The summed E-state index contributed by atoms with van der Waals surface area (Å²) in [4.78, 5) is 0. The number of rotatable bonds is 0. The van der Waals surface area contributed by atoms with Gasteiger partial charge in [0.2, 0.25) is 0 Å². The van der Waals surface area contributed by atoms with Crippen molar-refractivity contribution in [2.45, 2.75) is 6.92 Å². The lowest BCUT2D eigenvalue weighted by Gasteiger charge is -2.04. The Morgan fingerprint density at radius 3 is 2.77 bits per heavy atom. The van der Waals surface area contributed by atoms with E-state index in [9.17, 15) is 5.11 Å². The van der Waals surface area contributed by atoms with Gasteiger partial charge < -0.3 is 5.11 Å². The minimum atomic E-state index is 0.340. The Kier molecular flexibility index (Phi) is 2.15. The molecule has 13 heavy (non-hydrogen) atoms. The zero-order valence-electron chi connectivity index (χ0n) is 7.21. The van der Waals surface area contributed by atoms with Crippen molar-refractivity contribution in [3.8, 4) is 5.75 Å². The van der Waals surface area contributed by atoms with E-state index in [1.807, 2.05) is 19.1 Å². The number of phenols is 1. The fourth-order valence-electron chi connectivity index (χ4n) is 1.57. The van der Waals surface area contributed by atoms with E-state index in [0.717, 1.165) is 10.9 Å². The predicted octanol–water partition coefficient (Wildman–Crippen LogP) is 3.46. The summed E-state index contributed by atoms with van der Waals surface area (Å²) in [5, 5.41) is 11.7. The molecule has 0 aliphatic rings. The van der Waals surface area contributed by atoms with Crippen LogP contribution >= 0.6 is 22.6 Å². The van der Waals surface area contributed by atoms with Gasteiger partial charge in [-0.2, -0.15) is 0 Å². The maximum absolute atomic E-state index is 9.40. The van der Waals surface area contributed by atoms with Crippen molar-refractivity contribution < 1.29 is 5.11 Å². The third-order valence-corrected chi connectivity index (χ3v) is 3.01. The molecule has 1 N–H and O–H groups in total. The zero-order chi connectivity index (χ0) is 9.42. The summed E-state index contributed by atoms with van der Waals surface area (Å²) in [6.07, 6.45) is 0. The molecule has 2 aromatic rings. The average molecular weight is 284 g/mol. The summed E-state index contributed by atoms with van der Waals surface area (Å²) in [6.45, 7) is 2.02. The van der Waals surface area contributed by atoms with E-state index < -0.39 is 0 Å². The van der Waals surface area contributed by atoms with Crippen LogP contribution in [0, 0.1) is 10.5 Å². The SMILES string of the molecule is Cc1cc(O)cc2cccc(I)c12. The van der Waals surface area contributed by atoms with Gasteiger partial charge in [0.15, 0.2) is 0 Å². The maximum Gasteiger partial charge on any atom is 0.116 e. The average Bonchev–Trinajstić information content (AvgIpc) is 2.02. The van der Waals surface area contributed by atoms with Gasteiger partial charge in [0.1, 0.15) is 5.75 Å². The Balaban J connectivity index is 2.94. The number of halogens is 1. The highest BCUT2D eigenvalue weighted by Gasteiger charge is 2.02. The lowest BCUT2D eigenvalue weighted by atomic mass is 10.1. The molecule has 1 nitrogen and oxygen atoms in total. The molecule has 0 saturated heterocycles. The number of benzene rings is 2. The first-order valence-electron chi connectivity index (χ1n) is 4.06. The van der Waals surface area contributed by atoms with Crippen LogP contribution in [-0.2, 0) is 0 Å². The molecule has 2 heteroatoms. The maximum atomic E-state index is 9.40. The second-order valence-corrected chi connectivity index (χ2v) is 4.26. The second kappa shape index (κ2) is 3.18. The molecule has 0 unspecified atom stereocenters. The van der Waals surface area contributed by atoms with Gasteiger partial charge in [0.05, 0.1) is 0 Å². The molecule has 66 valence electrons. The van der Waals surface area contributed by atoms with E-state index in [0.29, 0.717) is 5.75 Å². The number of hydrogen-bond acceptors (Lipinski definition) is 1. The summed E-state index contributed by atoms with van der Waals surface area (Å²) < 4.78 is 1.23. The van der Waals surface area contributed by atoms with Crippen LogP contribution in [0.15, 0.2) is 30.3 Å². The third kappa shape index (κ3) is 1.50. The predicted molar refractivity (Wildman–Crippen MR) is 63.1 cm³/mol. The van der Waals surface area contributed by atoms with Crippen LogP contribution in [0.25, 0.3) is 10.8 Å². The molecule has 0 radical (unpaired) electrons. The Hall–Kier alpha value is -0.770. The highest BCUT2D eigenvalue weighted by atomic mass is 127. The minimum absolute atomic E-state index is 0.340. The first-order chi connectivity index (χ1) is 6.18. The Labute approximate surface area is 90.5 Å². The van der Waals surface area contributed by atoms with Gasteiger partial charge in [0.25, 0.3) is 0 Å². The van der Waals surface area contributed by atoms with E-state index in [-0.39, 0.29) is 0 Å². The van der Waals surface area contributed by atoms with Gasteiger partial charge in [-0.1, -0.05) is 12.1 Å². The van der Waals surface area contributed by atoms with Crippen molar-refractivity contribution in [2.75, 3.05) is 0 Å².